The van der Waals surface area contributed by atoms with E-state index < -0.39 is 17.9 Å². The van der Waals surface area contributed by atoms with Gasteiger partial charge in [0.2, 0.25) is 11.8 Å². The van der Waals surface area contributed by atoms with Crippen LogP contribution in [0.25, 0.3) is 11.1 Å². The molecule has 2 heterocycles. The van der Waals surface area contributed by atoms with Crippen molar-refractivity contribution in [3.63, 3.8) is 0 Å². The minimum Gasteiger partial charge on any atom is -0.452 e. The standard InChI is InChI=1S/C26H23N3O6/c1-5-11-33-23(31)15-20-19-13-17(18-9-10-28-22(14-18)29(4)16(3)30)7-8-21(19)35-25(27)24(20)26(32)34-12-6-2/h1-2,7-10,13-14,20H,11-12,15,27H2,3-4H3. The SMILES string of the molecule is C#CCOC(=O)CC1C(C(=O)OCC#C)=C(N)Oc2ccc(-c3ccnc(N(C)C(C)=O)c3)cc21. The third-order valence-corrected chi connectivity index (χ3v) is 5.31. The minimum absolute atomic E-state index is 0.0470. The van der Waals surface area contributed by atoms with Crippen molar-refractivity contribution in [1.29, 1.82) is 0 Å². The average molecular weight is 473 g/mol. The molecular formula is C26H23N3O6. The van der Waals surface area contributed by atoms with Crippen molar-refractivity contribution in [2.45, 2.75) is 19.3 Å². The number of terminal acetylenes is 2. The maximum absolute atomic E-state index is 12.8. The molecule has 2 aromatic rings. The van der Waals surface area contributed by atoms with Gasteiger partial charge in [-0.15, -0.1) is 12.8 Å². The normalized spacial score (nSPS) is 14.0. The first-order valence-corrected chi connectivity index (χ1v) is 10.5. The molecule has 3 rings (SSSR count). The summed E-state index contributed by atoms with van der Waals surface area (Å²) in [5, 5.41) is 0. The third kappa shape index (κ3) is 5.60. The van der Waals surface area contributed by atoms with Crippen LogP contribution in [-0.4, -0.2) is 43.1 Å². The summed E-state index contributed by atoms with van der Waals surface area (Å²) < 4.78 is 15.8. The molecule has 0 aliphatic carbocycles. The number of hydrogen-bond donors (Lipinski definition) is 1. The topological polar surface area (TPSA) is 121 Å². The van der Waals surface area contributed by atoms with Crippen LogP contribution in [0.3, 0.4) is 0 Å². The number of carbonyl (C=O) groups is 3. The zero-order valence-corrected chi connectivity index (χ0v) is 19.2. The van der Waals surface area contributed by atoms with Crippen LogP contribution >= 0.6 is 0 Å². The van der Waals surface area contributed by atoms with E-state index in [1.54, 1.807) is 43.6 Å². The Hall–Kier alpha value is -4.76. The quantitative estimate of drug-likeness (QED) is 0.480. The highest BCUT2D eigenvalue weighted by Gasteiger charge is 2.36. The molecule has 1 aromatic heterocycles. The Bertz CT molecular complexity index is 1280. The van der Waals surface area contributed by atoms with E-state index in [1.165, 1.54) is 11.8 Å². The maximum Gasteiger partial charge on any atom is 0.341 e. The van der Waals surface area contributed by atoms with Gasteiger partial charge in [0, 0.05) is 31.6 Å². The lowest BCUT2D eigenvalue weighted by molar-refractivity contribution is -0.142. The average Bonchev–Trinajstić information content (AvgIpc) is 2.85. The fourth-order valence-electron chi connectivity index (χ4n) is 3.52. The first-order valence-electron chi connectivity index (χ1n) is 10.5. The molecule has 1 aliphatic rings. The Morgan fingerprint density at radius 3 is 2.49 bits per heavy atom. The summed E-state index contributed by atoms with van der Waals surface area (Å²) in [6, 6.07) is 8.74. The number of fused-ring (bicyclic) bond motifs is 1. The van der Waals surface area contributed by atoms with Crippen LogP contribution < -0.4 is 15.4 Å². The molecule has 1 aromatic carbocycles. The third-order valence-electron chi connectivity index (χ3n) is 5.31. The van der Waals surface area contributed by atoms with Gasteiger partial charge >= 0.3 is 11.9 Å². The van der Waals surface area contributed by atoms with Gasteiger partial charge in [-0.3, -0.25) is 9.59 Å². The van der Waals surface area contributed by atoms with Gasteiger partial charge in [0.15, 0.2) is 13.2 Å². The Kier molecular flexibility index (Phi) is 7.75. The van der Waals surface area contributed by atoms with Crippen molar-refractivity contribution < 1.29 is 28.6 Å². The molecule has 2 N–H and O–H groups in total. The summed E-state index contributed by atoms with van der Waals surface area (Å²) >= 11 is 0. The van der Waals surface area contributed by atoms with Gasteiger partial charge in [-0.1, -0.05) is 17.9 Å². The molecule has 0 radical (unpaired) electrons. The van der Waals surface area contributed by atoms with Gasteiger partial charge in [-0.05, 0) is 35.4 Å². The van der Waals surface area contributed by atoms with Crippen LogP contribution in [0.4, 0.5) is 5.82 Å². The van der Waals surface area contributed by atoms with Crippen molar-refractivity contribution in [2.24, 2.45) is 5.73 Å². The number of benzene rings is 1. The molecule has 0 spiro atoms. The summed E-state index contributed by atoms with van der Waals surface area (Å²) in [7, 11) is 1.62. The van der Waals surface area contributed by atoms with E-state index in [0.29, 0.717) is 17.1 Å². The van der Waals surface area contributed by atoms with Crippen LogP contribution in [0.1, 0.15) is 24.8 Å². The van der Waals surface area contributed by atoms with Gasteiger partial charge in [-0.25, -0.2) is 9.78 Å². The van der Waals surface area contributed by atoms with Crippen LogP contribution in [0.15, 0.2) is 48.0 Å². The first-order chi connectivity index (χ1) is 16.8. The first kappa shape index (κ1) is 24.9. The smallest absolute Gasteiger partial charge is 0.341 e. The Morgan fingerprint density at radius 2 is 1.80 bits per heavy atom. The number of amides is 1. The molecule has 0 bridgehead atoms. The lowest BCUT2D eigenvalue weighted by Crippen LogP contribution is -2.28. The number of anilines is 1. The fraction of sp³-hybridized carbons (Fsp3) is 0.231. The molecule has 1 unspecified atom stereocenters. The highest BCUT2D eigenvalue weighted by molar-refractivity contribution is 5.93. The van der Waals surface area contributed by atoms with Crippen molar-refractivity contribution in [2.75, 3.05) is 25.2 Å². The number of hydrogen-bond acceptors (Lipinski definition) is 8. The monoisotopic (exact) mass is 473 g/mol. The van der Waals surface area contributed by atoms with Crippen molar-refractivity contribution in [3.05, 3.63) is 53.5 Å². The number of nitrogens with two attached hydrogens (primary N) is 1. The minimum atomic E-state index is -0.838. The summed E-state index contributed by atoms with van der Waals surface area (Å²) in [4.78, 5) is 42.6. The van der Waals surface area contributed by atoms with E-state index in [-0.39, 0.29) is 37.0 Å². The fourth-order valence-corrected chi connectivity index (χ4v) is 3.52. The molecule has 0 saturated carbocycles. The van der Waals surface area contributed by atoms with Crippen molar-refractivity contribution >= 4 is 23.7 Å². The van der Waals surface area contributed by atoms with Crippen molar-refractivity contribution in [3.8, 4) is 41.6 Å². The Balaban J connectivity index is 2.06. The second-order valence-electron chi connectivity index (χ2n) is 7.52. The van der Waals surface area contributed by atoms with Crippen LogP contribution in [0, 0.1) is 24.7 Å². The second-order valence-corrected chi connectivity index (χ2v) is 7.52. The van der Waals surface area contributed by atoms with E-state index in [9.17, 15) is 14.4 Å². The summed E-state index contributed by atoms with van der Waals surface area (Å²) in [6.07, 6.45) is 11.7. The van der Waals surface area contributed by atoms with E-state index in [2.05, 4.69) is 16.8 Å². The van der Waals surface area contributed by atoms with Crippen LogP contribution in [0.5, 0.6) is 5.75 Å². The second kappa shape index (κ2) is 10.9. The molecule has 0 fully saturated rings. The highest BCUT2D eigenvalue weighted by Crippen LogP contribution is 2.42. The number of pyridine rings is 1. The number of ether oxygens (including phenoxy) is 3. The highest BCUT2D eigenvalue weighted by atomic mass is 16.5. The van der Waals surface area contributed by atoms with Gasteiger partial charge in [0.1, 0.15) is 17.1 Å². The molecule has 1 atom stereocenters. The van der Waals surface area contributed by atoms with E-state index in [4.69, 9.17) is 32.8 Å². The molecule has 1 aliphatic heterocycles. The number of aromatic nitrogens is 1. The molecule has 9 heteroatoms. The Labute approximate surface area is 202 Å². The number of carbonyl (C=O) groups excluding carboxylic acids is 3. The van der Waals surface area contributed by atoms with E-state index in [1.807, 2.05) is 0 Å². The molecule has 0 saturated heterocycles. The lowest BCUT2D eigenvalue weighted by atomic mass is 9.84. The van der Waals surface area contributed by atoms with Gasteiger partial charge in [-0.2, -0.15) is 0 Å². The van der Waals surface area contributed by atoms with E-state index >= 15 is 0 Å². The van der Waals surface area contributed by atoms with E-state index in [0.717, 1.165) is 11.1 Å². The lowest BCUT2D eigenvalue weighted by Gasteiger charge is -2.28. The number of nitrogens with zero attached hydrogens (tertiary/aromatic N) is 2. The summed E-state index contributed by atoms with van der Waals surface area (Å²) in [5.74, 6) is 2.62. The largest absolute Gasteiger partial charge is 0.452 e. The molecular weight excluding hydrogens is 450 g/mol. The number of esters is 2. The molecule has 9 nitrogen and oxygen atoms in total. The molecule has 178 valence electrons. The van der Waals surface area contributed by atoms with Crippen LogP contribution in [0.2, 0.25) is 0 Å². The van der Waals surface area contributed by atoms with Gasteiger partial charge < -0.3 is 24.8 Å². The zero-order chi connectivity index (χ0) is 25.5. The Morgan fingerprint density at radius 1 is 1.11 bits per heavy atom. The van der Waals surface area contributed by atoms with Crippen LogP contribution in [-0.2, 0) is 23.9 Å². The van der Waals surface area contributed by atoms with Crippen molar-refractivity contribution in [1.82, 2.24) is 4.98 Å². The predicted octanol–water partition coefficient (Wildman–Crippen LogP) is 2.12. The van der Waals surface area contributed by atoms with Gasteiger partial charge in [0.25, 0.3) is 0 Å². The molecule has 1 amide bonds. The summed E-state index contributed by atoms with van der Waals surface area (Å²) in [5.41, 5.74) is 7.98. The van der Waals surface area contributed by atoms with Gasteiger partial charge in [0.05, 0.1) is 6.42 Å². The predicted molar refractivity (Wildman–Crippen MR) is 128 cm³/mol. The molecule has 35 heavy (non-hydrogen) atoms. The number of rotatable bonds is 7. The zero-order valence-electron chi connectivity index (χ0n) is 19.2. The maximum atomic E-state index is 12.8. The summed E-state index contributed by atoms with van der Waals surface area (Å²) in [6.45, 7) is 0.945.